The molecular weight excluding hydrogens is 222 g/mol. The summed E-state index contributed by atoms with van der Waals surface area (Å²) in [5.41, 5.74) is 1.28. The van der Waals surface area contributed by atoms with Crippen LogP contribution in [-0.4, -0.2) is 23.7 Å². The quantitative estimate of drug-likeness (QED) is 0.702. The lowest BCUT2D eigenvalue weighted by molar-refractivity contribution is -0.135. The number of nitriles is 1. The molecule has 0 aliphatic heterocycles. The maximum atomic E-state index is 11.1. The molecule has 0 saturated heterocycles. The zero-order valence-electron chi connectivity index (χ0n) is 8.93. The first kappa shape index (κ1) is 12.5. The normalized spacial score (nSPS) is 9.12. The Morgan fingerprint density at radius 2 is 2.12 bits per heavy atom. The molecule has 1 aromatic rings. The van der Waals surface area contributed by atoms with Gasteiger partial charge in [-0.15, -0.1) is 0 Å². The molecule has 0 fully saturated rings. The van der Waals surface area contributed by atoms with E-state index in [-0.39, 0.29) is 6.54 Å². The molecule has 0 aromatic heterocycles. The fourth-order valence-corrected chi connectivity index (χ4v) is 1.15. The smallest absolute Gasteiger partial charge is 0.323 e. The van der Waals surface area contributed by atoms with Crippen LogP contribution in [0, 0.1) is 11.3 Å². The molecule has 1 aromatic carbocycles. The number of aliphatic carboxylic acids is 1. The number of carboxylic acid groups (broad SMARTS) is 1. The van der Waals surface area contributed by atoms with Crippen molar-refractivity contribution in [2.24, 2.45) is 0 Å². The second-order valence-corrected chi connectivity index (χ2v) is 3.24. The van der Waals surface area contributed by atoms with Gasteiger partial charge in [0.25, 0.3) is 0 Å². The number of rotatable bonds is 4. The maximum absolute atomic E-state index is 11.1. The van der Waals surface area contributed by atoms with Gasteiger partial charge in [0.1, 0.15) is 6.54 Å². The molecule has 0 atom stereocenters. The first-order valence-electron chi connectivity index (χ1n) is 4.84. The number of urea groups is 1. The summed E-state index contributed by atoms with van der Waals surface area (Å²) in [6.45, 7) is -0.189. The molecule has 0 aliphatic rings. The second kappa shape index (κ2) is 6.12. The summed E-state index contributed by atoms with van der Waals surface area (Å²) in [4.78, 5) is 21.3. The van der Waals surface area contributed by atoms with Crippen molar-refractivity contribution in [3.63, 3.8) is 0 Å². The van der Waals surface area contributed by atoms with Crippen LogP contribution >= 0.6 is 0 Å². The predicted molar refractivity (Wildman–Crippen MR) is 59.0 cm³/mol. The van der Waals surface area contributed by atoms with Gasteiger partial charge >= 0.3 is 12.0 Å². The molecule has 6 heteroatoms. The number of benzene rings is 1. The summed E-state index contributed by atoms with van der Waals surface area (Å²) >= 11 is 0. The summed E-state index contributed by atoms with van der Waals surface area (Å²) in [7, 11) is 0. The van der Waals surface area contributed by atoms with Crippen LogP contribution in [0.15, 0.2) is 24.3 Å². The first-order valence-corrected chi connectivity index (χ1v) is 4.84. The van der Waals surface area contributed by atoms with Crippen LogP contribution in [0.1, 0.15) is 11.1 Å². The van der Waals surface area contributed by atoms with E-state index in [1.165, 1.54) is 0 Å². The molecule has 3 N–H and O–H groups in total. The summed E-state index contributed by atoms with van der Waals surface area (Å²) in [6, 6.07) is 8.21. The van der Waals surface area contributed by atoms with E-state index in [0.29, 0.717) is 5.56 Å². The van der Waals surface area contributed by atoms with Crippen LogP contribution in [0.5, 0.6) is 0 Å². The number of carboxylic acids is 1. The Morgan fingerprint density at radius 1 is 1.35 bits per heavy atom. The third-order valence-corrected chi connectivity index (χ3v) is 1.91. The molecule has 0 bridgehead atoms. The van der Waals surface area contributed by atoms with Crippen LogP contribution < -0.4 is 10.6 Å². The van der Waals surface area contributed by atoms with E-state index in [0.717, 1.165) is 5.56 Å². The fourth-order valence-electron chi connectivity index (χ4n) is 1.15. The highest BCUT2D eigenvalue weighted by molar-refractivity contribution is 5.79. The summed E-state index contributed by atoms with van der Waals surface area (Å²) in [5.74, 6) is -1.10. The van der Waals surface area contributed by atoms with Crippen LogP contribution in [0.2, 0.25) is 0 Å². The van der Waals surface area contributed by atoms with E-state index in [1.54, 1.807) is 24.3 Å². The average molecular weight is 233 g/mol. The fraction of sp³-hybridized carbons (Fsp3) is 0.182. The van der Waals surface area contributed by atoms with Gasteiger partial charge in [0, 0.05) is 6.54 Å². The Balaban J connectivity index is 2.42. The number of nitrogens with one attached hydrogen (secondary N) is 2. The van der Waals surface area contributed by atoms with Crippen molar-refractivity contribution in [1.82, 2.24) is 10.6 Å². The third-order valence-electron chi connectivity index (χ3n) is 1.91. The highest BCUT2D eigenvalue weighted by Crippen LogP contribution is 2.03. The Bertz CT molecular complexity index is 465. The molecule has 0 unspecified atom stereocenters. The molecule has 6 nitrogen and oxygen atoms in total. The minimum atomic E-state index is -1.10. The molecule has 0 spiro atoms. The van der Waals surface area contributed by atoms with Crippen LogP contribution in [0.3, 0.4) is 0 Å². The van der Waals surface area contributed by atoms with Crippen LogP contribution in [-0.2, 0) is 11.3 Å². The van der Waals surface area contributed by atoms with Gasteiger partial charge in [-0.3, -0.25) is 4.79 Å². The van der Waals surface area contributed by atoms with E-state index in [4.69, 9.17) is 10.4 Å². The lowest BCUT2D eigenvalue weighted by Gasteiger charge is -2.05. The topological polar surface area (TPSA) is 102 Å². The number of carbonyl (C=O) groups excluding carboxylic acids is 1. The number of carbonyl (C=O) groups is 2. The van der Waals surface area contributed by atoms with Gasteiger partial charge in [-0.1, -0.05) is 12.1 Å². The Hall–Kier alpha value is -2.55. The highest BCUT2D eigenvalue weighted by Gasteiger charge is 2.03. The molecule has 1 rings (SSSR count). The predicted octanol–water partition coefficient (Wildman–Crippen LogP) is 0.442. The lowest BCUT2D eigenvalue weighted by Crippen LogP contribution is -2.37. The standard InChI is InChI=1S/C11H11N3O3/c12-5-8-2-1-3-9(4-8)6-13-11(17)14-7-10(15)16/h1-4H,6-7H2,(H,15,16)(H2,13,14,17). The lowest BCUT2D eigenvalue weighted by atomic mass is 10.1. The zero-order valence-corrected chi connectivity index (χ0v) is 8.93. The minimum Gasteiger partial charge on any atom is -0.480 e. The van der Waals surface area contributed by atoms with Crippen molar-refractivity contribution in [2.75, 3.05) is 6.54 Å². The monoisotopic (exact) mass is 233 g/mol. The van der Waals surface area contributed by atoms with E-state index in [1.807, 2.05) is 6.07 Å². The van der Waals surface area contributed by atoms with E-state index in [9.17, 15) is 9.59 Å². The van der Waals surface area contributed by atoms with Crippen molar-refractivity contribution in [3.05, 3.63) is 35.4 Å². The largest absolute Gasteiger partial charge is 0.480 e. The Labute approximate surface area is 97.9 Å². The maximum Gasteiger partial charge on any atom is 0.323 e. The molecular formula is C11H11N3O3. The summed E-state index contributed by atoms with van der Waals surface area (Å²) < 4.78 is 0. The number of nitrogens with zero attached hydrogens (tertiary/aromatic N) is 1. The van der Waals surface area contributed by atoms with E-state index >= 15 is 0 Å². The van der Waals surface area contributed by atoms with Gasteiger partial charge in [-0.05, 0) is 17.7 Å². The number of hydrogen-bond acceptors (Lipinski definition) is 3. The Morgan fingerprint density at radius 3 is 2.76 bits per heavy atom. The number of amides is 2. The molecule has 17 heavy (non-hydrogen) atoms. The van der Waals surface area contributed by atoms with Crippen LogP contribution in [0.25, 0.3) is 0 Å². The van der Waals surface area contributed by atoms with Crippen molar-refractivity contribution in [2.45, 2.75) is 6.54 Å². The van der Waals surface area contributed by atoms with Gasteiger partial charge in [0.2, 0.25) is 0 Å². The zero-order chi connectivity index (χ0) is 12.7. The van der Waals surface area contributed by atoms with Crippen molar-refractivity contribution in [1.29, 1.82) is 5.26 Å². The molecule has 88 valence electrons. The highest BCUT2D eigenvalue weighted by atomic mass is 16.4. The molecule has 0 radical (unpaired) electrons. The molecule has 0 heterocycles. The van der Waals surface area contributed by atoms with Crippen molar-refractivity contribution in [3.8, 4) is 6.07 Å². The minimum absolute atomic E-state index is 0.237. The molecule has 0 aliphatic carbocycles. The first-order chi connectivity index (χ1) is 8.11. The Kier molecular flexibility index (Phi) is 4.51. The molecule has 0 saturated carbocycles. The average Bonchev–Trinajstić information content (AvgIpc) is 2.34. The summed E-state index contributed by atoms with van der Waals surface area (Å²) in [6.07, 6.45) is 0. The van der Waals surface area contributed by atoms with Crippen LogP contribution in [0.4, 0.5) is 4.79 Å². The number of hydrogen-bond donors (Lipinski definition) is 3. The van der Waals surface area contributed by atoms with E-state index < -0.39 is 18.5 Å². The van der Waals surface area contributed by atoms with Gasteiger partial charge in [0.15, 0.2) is 0 Å². The van der Waals surface area contributed by atoms with Gasteiger partial charge in [-0.2, -0.15) is 5.26 Å². The van der Waals surface area contributed by atoms with Crippen molar-refractivity contribution >= 4 is 12.0 Å². The van der Waals surface area contributed by atoms with Crippen molar-refractivity contribution < 1.29 is 14.7 Å². The second-order valence-electron chi connectivity index (χ2n) is 3.24. The van der Waals surface area contributed by atoms with E-state index in [2.05, 4.69) is 10.6 Å². The van der Waals surface area contributed by atoms with Gasteiger partial charge in [0.05, 0.1) is 11.6 Å². The SMILES string of the molecule is N#Cc1cccc(CNC(=O)NCC(=O)O)c1. The molecule has 2 amide bonds. The third kappa shape index (κ3) is 4.66. The van der Waals surface area contributed by atoms with Gasteiger partial charge in [-0.25, -0.2) is 4.79 Å². The summed E-state index contributed by atoms with van der Waals surface area (Å²) in [5, 5.41) is 21.7. The van der Waals surface area contributed by atoms with Gasteiger partial charge < -0.3 is 15.7 Å².